The summed E-state index contributed by atoms with van der Waals surface area (Å²) in [5.41, 5.74) is 8.34. The van der Waals surface area contributed by atoms with Crippen LogP contribution in [0.4, 0.5) is 0 Å². The molecule has 3 aliphatic carbocycles. The smallest absolute Gasteiger partial charge is 0.162 e. The van der Waals surface area contributed by atoms with Gasteiger partial charge in [0.1, 0.15) is 6.61 Å². The van der Waals surface area contributed by atoms with Gasteiger partial charge in [-0.1, -0.05) is 71.2 Å². The van der Waals surface area contributed by atoms with Crippen LogP contribution in [-0.2, 0) is 16.2 Å². The molecule has 0 saturated heterocycles. The van der Waals surface area contributed by atoms with Crippen molar-refractivity contribution < 1.29 is 19.1 Å². The molecule has 4 aliphatic rings. The highest BCUT2D eigenvalue weighted by molar-refractivity contribution is 6.06. The van der Waals surface area contributed by atoms with Crippen LogP contribution in [0.15, 0.2) is 58.9 Å². The van der Waals surface area contributed by atoms with Crippen molar-refractivity contribution in [2.24, 2.45) is 10.8 Å². The summed E-state index contributed by atoms with van der Waals surface area (Å²) in [4.78, 5) is 31.1. The third kappa shape index (κ3) is 6.24. The van der Waals surface area contributed by atoms with Gasteiger partial charge < -0.3 is 14.4 Å². The molecule has 1 heterocycles. The number of hydrogen-bond acceptors (Lipinski definition) is 5. The fraction of sp³-hybridized carbons (Fsp3) is 0.550. The zero-order valence-corrected chi connectivity index (χ0v) is 28.5. The van der Waals surface area contributed by atoms with E-state index in [-0.39, 0.29) is 28.3 Å². The summed E-state index contributed by atoms with van der Waals surface area (Å²) >= 11 is 0. The first-order valence-corrected chi connectivity index (χ1v) is 17.1. The van der Waals surface area contributed by atoms with Crippen LogP contribution in [0.1, 0.15) is 121 Å². The van der Waals surface area contributed by atoms with Crippen molar-refractivity contribution in [3.8, 4) is 11.5 Å². The zero-order valence-electron chi connectivity index (χ0n) is 28.5. The van der Waals surface area contributed by atoms with E-state index in [2.05, 4.69) is 70.7 Å². The van der Waals surface area contributed by atoms with Gasteiger partial charge in [-0.05, 0) is 91.7 Å². The maximum absolute atomic E-state index is 14.3. The molecule has 0 aromatic heterocycles. The van der Waals surface area contributed by atoms with E-state index < -0.39 is 0 Å². The van der Waals surface area contributed by atoms with Gasteiger partial charge >= 0.3 is 0 Å². The van der Waals surface area contributed by atoms with E-state index in [0.29, 0.717) is 43.6 Å². The summed E-state index contributed by atoms with van der Waals surface area (Å²) in [5.74, 6) is 1.32. The Labute approximate surface area is 270 Å². The van der Waals surface area contributed by atoms with Gasteiger partial charge in [0.25, 0.3) is 0 Å². The summed E-state index contributed by atoms with van der Waals surface area (Å²) in [5, 5.41) is 0. The van der Waals surface area contributed by atoms with Crippen LogP contribution in [-0.4, -0.2) is 29.1 Å². The van der Waals surface area contributed by atoms with Gasteiger partial charge in [-0.25, -0.2) is 0 Å². The largest absolute Gasteiger partial charge is 0.490 e. The van der Waals surface area contributed by atoms with E-state index in [1.807, 2.05) is 19.1 Å². The number of carbonyl (C=O) groups excluding carboxylic acids is 2. The number of nitrogens with zero attached hydrogens (tertiary/aromatic N) is 1. The predicted molar refractivity (Wildman–Crippen MR) is 179 cm³/mol. The van der Waals surface area contributed by atoms with Crippen molar-refractivity contribution >= 4 is 11.6 Å². The topological polar surface area (TPSA) is 55.8 Å². The van der Waals surface area contributed by atoms with Gasteiger partial charge in [0.2, 0.25) is 0 Å². The molecule has 0 bridgehead atoms. The Bertz CT molecular complexity index is 1510. The molecule has 2 aromatic rings. The Morgan fingerprint density at radius 2 is 1.36 bits per heavy atom. The molecular weight excluding hydrogens is 558 g/mol. The number of Topliss-reactive ketones (excluding diaryl/α,β-unsaturated/α-hetero) is 2. The predicted octanol–water partition coefficient (Wildman–Crippen LogP) is 9.30. The second-order valence-corrected chi connectivity index (χ2v) is 15.5. The van der Waals surface area contributed by atoms with E-state index in [0.717, 1.165) is 48.0 Å². The molecular formula is C40H51NO4. The zero-order chi connectivity index (χ0) is 32.1. The highest BCUT2D eigenvalue weighted by atomic mass is 16.5. The summed E-state index contributed by atoms with van der Waals surface area (Å²) < 4.78 is 12.5. The van der Waals surface area contributed by atoms with Gasteiger partial charge in [0, 0.05) is 47.3 Å². The molecule has 1 aliphatic heterocycles. The molecule has 45 heavy (non-hydrogen) atoms. The first kappa shape index (κ1) is 31.6. The van der Waals surface area contributed by atoms with E-state index in [9.17, 15) is 9.59 Å². The van der Waals surface area contributed by atoms with Crippen LogP contribution >= 0.6 is 0 Å². The fourth-order valence-electron chi connectivity index (χ4n) is 8.26. The van der Waals surface area contributed by atoms with Gasteiger partial charge in [0.05, 0.1) is 6.61 Å². The molecule has 1 fully saturated rings. The lowest BCUT2D eigenvalue weighted by molar-refractivity contribution is -0.119. The van der Waals surface area contributed by atoms with E-state index >= 15 is 0 Å². The minimum Gasteiger partial charge on any atom is -0.490 e. The van der Waals surface area contributed by atoms with Crippen LogP contribution in [0, 0.1) is 24.7 Å². The third-order valence-corrected chi connectivity index (χ3v) is 10.5. The van der Waals surface area contributed by atoms with E-state index in [4.69, 9.17) is 9.47 Å². The average molecular weight is 610 g/mol. The van der Waals surface area contributed by atoms with Crippen LogP contribution in [0.25, 0.3) is 0 Å². The van der Waals surface area contributed by atoms with Crippen LogP contribution in [0.2, 0.25) is 0 Å². The van der Waals surface area contributed by atoms with Gasteiger partial charge in [0.15, 0.2) is 23.1 Å². The maximum Gasteiger partial charge on any atom is 0.162 e. The van der Waals surface area contributed by atoms with Crippen molar-refractivity contribution in [3.63, 3.8) is 0 Å². The number of ether oxygens (including phenoxy) is 2. The molecule has 0 spiro atoms. The van der Waals surface area contributed by atoms with Gasteiger partial charge in [-0.3, -0.25) is 9.59 Å². The minimum absolute atomic E-state index is 0.123. The molecule has 6 rings (SSSR count). The van der Waals surface area contributed by atoms with Crippen molar-refractivity contribution in [3.05, 3.63) is 81.2 Å². The van der Waals surface area contributed by atoms with Gasteiger partial charge in [-0.15, -0.1) is 0 Å². The second kappa shape index (κ2) is 12.1. The lowest BCUT2D eigenvalue weighted by atomic mass is 9.63. The number of carbonyl (C=O) groups is 2. The summed E-state index contributed by atoms with van der Waals surface area (Å²) in [6.07, 6.45) is 8.58. The van der Waals surface area contributed by atoms with Crippen molar-refractivity contribution in [1.29, 1.82) is 0 Å². The number of ketones is 2. The van der Waals surface area contributed by atoms with Crippen LogP contribution in [0.5, 0.6) is 11.5 Å². The lowest BCUT2D eigenvalue weighted by Gasteiger charge is -2.52. The Hall–Kier alpha value is -3.34. The van der Waals surface area contributed by atoms with Crippen molar-refractivity contribution in [2.45, 2.75) is 125 Å². The second-order valence-electron chi connectivity index (χ2n) is 15.5. The van der Waals surface area contributed by atoms with Crippen molar-refractivity contribution in [2.75, 3.05) is 6.61 Å². The molecule has 2 aromatic carbocycles. The first-order valence-electron chi connectivity index (χ1n) is 17.1. The molecule has 240 valence electrons. The molecule has 0 atom stereocenters. The standard InChI is InChI=1S/C40H51NO4/c1-8-44-35-19-28(16-17-34(35)45-24-27-15-14-25(2)26(3)18-27)36-37-30(20-39(4,5)22-32(37)42)41(29-12-10-9-11-13-29)31-21-40(6,7)23-33(43)38(31)36/h14-19,29,36H,8-13,20-24H2,1-7H3. The molecule has 1 saturated carbocycles. The first-order chi connectivity index (χ1) is 21.4. The fourth-order valence-corrected chi connectivity index (χ4v) is 8.26. The Balaban J connectivity index is 1.47. The molecule has 0 amide bonds. The summed E-state index contributed by atoms with van der Waals surface area (Å²) in [6, 6.07) is 12.8. The Kier molecular flexibility index (Phi) is 8.52. The quantitative estimate of drug-likeness (QED) is 0.313. The summed E-state index contributed by atoms with van der Waals surface area (Å²) in [6.45, 7) is 16.0. The highest BCUT2D eigenvalue weighted by Crippen LogP contribution is 2.56. The number of benzene rings is 2. The van der Waals surface area contributed by atoms with Crippen LogP contribution < -0.4 is 9.47 Å². The summed E-state index contributed by atoms with van der Waals surface area (Å²) in [7, 11) is 0. The molecule has 0 radical (unpaired) electrons. The lowest BCUT2D eigenvalue weighted by Crippen LogP contribution is -2.48. The number of hydrogen-bond donors (Lipinski definition) is 0. The van der Waals surface area contributed by atoms with Gasteiger partial charge in [-0.2, -0.15) is 0 Å². The molecule has 5 nitrogen and oxygen atoms in total. The minimum atomic E-state index is -0.380. The number of rotatable bonds is 7. The van der Waals surface area contributed by atoms with Crippen molar-refractivity contribution in [1.82, 2.24) is 4.90 Å². The average Bonchev–Trinajstić information content (AvgIpc) is 2.96. The number of allylic oxidation sites excluding steroid dienone is 4. The normalized spacial score (nSPS) is 22.0. The third-order valence-electron chi connectivity index (χ3n) is 10.5. The SMILES string of the molecule is CCOc1cc(C2C3=C(CC(C)(C)CC3=O)N(C3CCCCC3)C3=C2C(=O)CC(C)(C)C3)ccc1OCc1ccc(C)c(C)c1. The molecule has 5 heteroatoms. The highest BCUT2D eigenvalue weighted by Gasteiger charge is 2.50. The van der Waals surface area contributed by atoms with E-state index in [1.165, 1.54) is 41.8 Å². The number of aryl methyl sites for hydroxylation is 2. The monoisotopic (exact) mass is 609 g/mol. The maximum atomic E-state index is 14.3. The Morgan fingerprint density at radius 3 is 1.93 bits per heavy atom. The Morgan fingerprint density at radius 1 is 0.733 bits per heavy atom. The van der Waals surface area contributed by atoms with Crippen LogP contribution in [0.3, 0.4) is 0 Å². The molecule has 0 N–H and O–H groups in total. The van der Waals surface area contributed by atoms with E-state index in [1.54, 1.807) is 0 Å². The molecule has 0 unspecified atom stereocenters.